The second kappa shape index (κ2) is 4.14. The van der Waals surface area contributed by atoms with Crippen molar-refractivity contribution in [2.75, 3.05) is 6.61 Å². The summed E-state index contributed by atoms with van der Waals surface area (Å²) in [6, 6.07) is 0. The highest BCUT2D eigenvalue weighted by Gasteiger charge is 2.19. The molecule has 0 bridgehead atoms. The molecule has 0 N–H and O–H groups in total. The SMILES string of the molecule is Clc1c(I)cnn1C1CCCCO1. The van der Waals surface area contributed by atoms with Crippen LogP contribution in [0.25, 0.3) is 0 Å². The van der Waals surface area contributed by atoms with Crippen molar-refractivity contribution in [2.45, 2.75) is 25.5 Å². The molecule has 5 heteroatoms. The van der Waals surface area contributed by atoms with Gasteiger partial charge in [-0.25, -0.2) is 4.68 Å². The molecule has 1 unspecified atom stereocenters. The highest BCUT2D eigenvalue weighted by molar-refractivity contribution is 14.1. The highest BCUT2D eigenvalue weighted by atomic mass is 127. The van der Waals surface area contributed by atoms with Crippen LogP contribution in [0.2, 0.25) is 5.15 Å². The molecule has 0 aliphatic carbocycles. The van der Waals surface area contributed by atoms with Crippen LogP contribution in [0, 0.1) is 3.57 Å². The van der Waals surface area contributed by atoms with Gasteiger partial charge in [-0.15, -0.1) is 0 Å². The van der Waals surface area contributed by atoms with Gasteiger partial charge in [0.2, 0.25) is 0 Å². The first-order chi connectivity index (χ1) is 6.29. The Balaban J connectivity index is 2.18. The largest absolute Gasteiger partial charge is 0.356 e. The molecule has 0 saturated carbocycles. The fraction of sp³-hybridized carbons (Fsp3) is 0.625. The maximum absolute atomic E-state index is 6.06. The maximum atomic E-state index is 6.06. The van der Waals surface area contributed by atoms with Gasteiger partial charge in [-0.05, 0) is 41.9 Å². The average Bonchev–Trinajstić information content (AvgIpc) is 2.49. The zero-order valence-corrected chi connectivity index (χ0v) is 9.96. The van der Waals surface area contributed by atoms with Crippen LogP contribution in [0.15, 0.2) is 6.20 Å². The van der Waals surface area contributed by atoms with Crippen molar-refractivity contribution >= 4 is 34.2 Å². The van der Waals surface area contributed by atoms with Gasteiger partial charge in [0, 0.05) is 6.61 Å². The minimum absolute atomic E-state index is 0.0461. The number of hydrogen-bond acceptors (Lipinski definition) is 2. The van der Waals surface area contributed by atoms with Crippen molar-refractivity contribution in [1.29, 1.82) is 0 Å². The molecule has 0 aromatic carbocycles. The Kier molecular flexibility index (Phi) is 3.10. The monoisotopic (exact) mass is 312 g/mol. The van der Waals surface area contributed by atoms with Crippen molar-refractivity contribution in [2.24, 2.45) is 0 Å². The summed E-state index contributed by atoms with van der Waals surface area (Å²) < 4.78 is 8.32. The van der Waals surface area contributed by atoms with E-state index in [1.807, 2.05) is 0 Å². The van der Waals surface area contributed by atoms with Crippen molar-refractivity contribution in [3.8, 4) is 0 Å². The Morgan fingerprint density at radius 3 is 3.00 bits per heavy atom. The second-order valence-corrected chi connectivity index (χ2v) is 4.57. The number of rotatable bonds is 1. The minimum Gasteiger partial charge on any atom is -0.356 e. The molecule has 72 valence electrons. The van der Waals surface area contributed by atoms with E-state index in [0.717, 1.165) is 23.0 Å². The zero-order valence-electron chi connectivity index (χ0n) is 7.04. The summed E-state index contributed by atoms with van der Waals surface area (Å²) in [7, 11) is 0. The van der Waals surface area contributed by atoms with Gasteiger partial charge in [0.05, 0.1) is 9.77 Å². The van der Waals surface area contributed by atoms with Crippen LogP contribution >= 0.6 is 34.2 Å². The molecular weight excluding hydrogens is 302 g/mol. The van der Waals surface area contributed by atoms with E-state index >= 15 is 0 Å². The summed E-state index contributed by atoms with van der Waals surface area (Å²) in [4.78, 5) is 0. The summed E-state index contributed by atoms with van der Waals surface area (Å²) in [5.74, 6) is 0. The molecule has 2 rings (SSSR count). The lowest BCUT2D eigenvalue weighted by Crippen LogP contribution is -2.19. The summed E-state index contributed by atoms with van der Waals surface area (Å²) in [5, 5.41) is 4.88. The Labute approximate surface area is 95.5 Å². The van der Waals surface area contributed by atoms with Crippen LogP contribution in [0.1, 0.15) is 25.5 Å². The molecule has 13 heavy (non-hydrogen) atoms. The van der Waals surface area contributed by atoms with Gasteiger partial charge in [0.15, 0.2) is 6.23 Å². The van der Waals surface area contributed by atoms with E-state index in [2.05, 4.69) is 27.7 Å². The predicted molar refractivity (Wildman–Crippen MR) is 58.8 cm³/mol. The molecule has 0 spiro atoms. The third-order valence-corrected chi connectivity index (χ3v) is 3.61. The molecule has 2 heterocycles. The first-order valence-electron chi connectivity index (χ1n) is 4.29. The fourth-order valence-corrected chi connectivity index (χ4v) is 2.02. The normalized spacial score (nSPS) is 23.4. The maximum Gasteiger partial charge on any atom is 0.151 e. The van der Waals surface area contributed by atoms with Crippen LogP contribution < -0.4 is 0 Å². The number of hydrogen-bond donors (Lipinski definition) is 0. The number of ether oxygens (including phenoxy) is 1. The van der Waals surface area contributed by atoms with Crippen LogP contribution in [0.3, 0.4) is 0 Å². The molecule has 1 aliphatic heterocycles. The van der Waals surface area contributed by atoms with E-state index in [0.29, 0.717) is 5.15 Å². The van der Waals surface area contributed by atoms with Crippen LogP contribution in [0.5, 0.6) is 0 Å². The lowest BCUT2D eigenvalue weighted by atomic mass is 10.2. The molecule has 1 aromatic rings. The molecular formula is C8H10ClIN2O. The number of halogens is 2. The standard InChI is InChI=1S/C8H10ClIN2O/c9-8-6(10)5-11-12(8)7-3-1-2-4-13-7/h5,7H,1-4H2. The topological polar surface area (TPSA) is 27.1 Å². The van der Waals surface area contributed by atoms with Crippen molar-refractivity contribution in [1.82, 2.24) is 9.78 Å². The second-order valence-electron chi connectivity index (χ2n) is 3.05. The smallest absolute Gasteiger partial charge is 0.151 e. The van der Waals surface area contributed by atoms with Crippen molar-refractivity contribution in [3.05, 3.63) is 14.9 Å². The van der Waals surface area contributed by atoms with Crippen molar-refractivity contribution in [3.63, 3.8) is 0 Å². The fourth-order valence-electron chi connectivity index (χ4n) is 1.44. The first-order valence-corrected chi connectivity index (χ1v) is 5.75. The predicted octanol–water partition coefficient (Wildman–Crippen LogP) is 2.84. The summed E-state index contributed by atoms with van der Waals surface area (Å²) in [5.41, 5.74) is 0. The van der Waals surface area contributed by atoms with E-state index in [-0.39, 0.29) is 6.23 Å². The summed E-state index contributed by atoms with van der Waals surface area (Å²) in [6.07, 6.45) is 5.16. The molecule has 1 aromatic heterocycles. The Hall–Kier alpha value is 0.190. The number of aromatic nitrogens is 2. The van der Waals surface area contributed by atoms with Gasteiger partial charge in [0.1, 0.15) is 5.15 Å². The van der Waals surface area contributed by atoms with Gasteiger partial charge in [-0.1, -0.05) is 11.6 Å². The molecule has 0 radical (unpaired) electrons. The van der Waals surface area contributed by atoms with Gasteiger partial charge in [-0.3, -0.25) is 0 Å². The number of nitrogens with zero attached hydrogens (tertiary/aromatic N) is 2. The molecule has 0 amide bonds. The Morgan fingerprint density at radius 1 is 1.62 bits per heavy atom. The third kappa shape index (κ3) is 1.99. The van der Waals surface area contributed by atoms with Gasteiger partial charge < -0.3 is 4.74 Å². The summed E-state index contributed by atoms with van der Waals surface area (Å²) in [6.45, 7) is 0.817. The lowest BCUT2D eigenvalue weighted by Gasteiger charge is -2.23. The molecule has 1 atom stereocenters. The quantitative estimate of drug-likeness (QED) is 0.746. The van der Waals surface area contributed by atoms with E-state index < -0.39 is 0 Å². The van der Waals surface area contributed by atoms with Gasteiger partial charge >= 0.3 is 0 Å². The molecule has 1 fully saturated rings. The van der Waals surface area contributed by atoms with Gasteiger partial charge in [-0.2, -0.15) is 5.10 Å². The lowest BCUT2D eigenvalue weighted by molar-refractivity contribution is -0.0393. The highest BCUT2D eigenvalue weighted by Crippen LogP contribution is 2.27. The van der Waals surface area contributed by atoms with E-state index in [1.54, 1.807) is 10.9 Å². The molecule has 3 nitrogen and oxygen atoms in total. The molecule has 1 aliphatic rings. The first kappa shape index (κ1) is 9.73. The van der Waals surface area contributed by atoms with Crippen LogP contribution in [0.4, 0.5) is 0 Å². The van der Waals surface area contributed by atoms with Crippen LogP contribution in [-0.4, -0.2) is 16.4 Å². The average molecular weight is 313 g/mol. The zero-order chi connectivity index (χ0) is 9.26. The van der Waals surface area contributed by atoms with E-state index in [4.69, 9.17) is 16.3 Å². The minimum atomic E-state index is 0.0461. The van der Waals surface area contributed by atoms with Gasteiger partial charge in [0.25, 0.3) is 0 Å². The molecule has 1 saturated heterocycles. The third-order valence-electron chi connectivity index (χ3n) is 2.12. The van der Waals surface area contributed by atoms with E-state index in [1.165, 1.54) is 6.42 Å². The Morgan fingerprint density at radius 2 is 2.46 bits per heavy atom. The Bertz CT molecular complexity index is 296. The van der Waals surface area contributed by atoms with E-state index in [9.17, 15) is 0 Å². The van der Waals surface area contributed by atoms with Crippen molar-refractivity contribution < 1.29 is 4.74 Å². The summed E-state index contributed by atoms with van der Waals surface area (Å²) >= 11 is 8.23. The van der Waals surface area contributed by atoms with Crippen LogP contribution in [-0.2, 0) is 4.74 Å².